The highest BCUT2D eigenvalue weighted by molar-refractivity contribution is 5.69. The molecule has 0 bridgehead atoms. The van der Waals surface area contributed by atoms with E-state index in [0.717, 1.165) is 49.7 Å². The quantitative estimate of drug-likeness (QED) is 0.0428. The van der Waals surface area contributed by atoms with Crippen LogP contribution >= 0.6 is 0 Å². The normalized spacial score (nSPS) is 12.8. The number of unbranched alkanes of at least 4 members (excludes halogenated alkanes) is 2. The highest BCUT2D eigenvalue weighted by Gasteiger charge is 2.18. The van der Waals surface area contributed by atoms with Gasteiger partial charge in [0.1, 0.15) is 6.10 Å². The van der Waals surface area contributed by atoms with Crippen LogP contribution in [-0.4, -0.2) is 30.6 Å². The summed E-state index contributed by atoms with van der Waals surface area (Å²) < 4.78 is 16.0. The van der Waals surface area contributed by atoms with E-state index in [4.69, 9.17) is 14.2 Å². The first kappa shape index (κ1) is 36.4. The molecule has 0 rings (SSSR count). The molecule has 0 amide bonds. The predicted octanol–water partition coefficient (Wildman–Crippen LogP) is 8.02. The Morgan fingerprint density at radius 3 is 2.12 bits per heavy atom. The summed E-state index contributed by atoms with van der Waals surface area (Å²) in [4.78, 5) is 35.4. The van der Waals surface area contributed by atoms with Crippen LogP contribution in [-0.2, 0) is 28.6 Å². The van der Waals surface area contributed by atoms with Gasteiger partial charge in [-0.05, 0) is 70.9 Å². The molecule has 40 heavy (non-hydrogen) atoms. The van der Waals surface area contributed by atoms with Crippen LogP contribution < -0.4 is 0 Å². The van der Waals surface area contributed by atoms with Crippen LogP contribution in [0.25, 0.3) is 0 Å². The Balaban J connectivity index is 4.77. The van der Waals surface area contributed by atoms with Crippen molar-refractivity contribution in [3.63, 3.8) is 0 Å². The van der Waals surface area contributed by atoms with Gasteiger partial charge in [0, 0.05) is 38.7 Å². The molecule has 0 aliphatic heterocycles. The van der Waals surface area contributed by atoms with Crippen LogP contribution in [0.5, 0.6) is 0 Å². The number of carbonyl (C=O) groups is 3. The molecule has 0 aliphatic carbocycles. The largest absolute Gasteiger partial charge is 0.465 e. The molecule has 6 nitrogen and oxygen atoms in total. The lowest BCUT2D eigenvalue weighted by molar-refractivity contribution is -0.146. The van der Waals surface area contributed by atoms with Crippen molar-refractivity contribution in [2.75, 3.05) is 6.61 Å². The molecule has 0 saturated heterocycles. The average molecular weight is 553 g/mol. The minimum absolute atomic E-state index is 0.0897. The first-order valence-corrected chi connectivity index (χ1v) is 14.1. The van der Waals surface area contributed by atoms with Crippen molar-refractivity contribution in [2.45, 2.75) is 105 Å². The Morgan fingerprint density at radius 1 is 0.825 bits per heavy atom. The van der Waals surface area contributed by atoms with Crippen molar-refractivity contribution in [2.24, 2.45) is 0 Å². The molecule has 0 aromatic heterocycles. The van der Waals surface area contributed by atoms with E-state index in [1.165, 1.54) is 20.1 Å². The summed E-state index contributed by atoms with van der Waals surface area (Å²) in [5.41, 5.74) is 2.46. The molecular formula is C34H48O6. The van der Waals surface area contributed by atoms with Crippen molar-refractivity contribution in [1.82, 2.24) is 0 Å². The molecule has 0 aromatic rings. The fraction of sp³-hybridized carbons (Fsp3) is 0.500. The second-order valence-electron chi connectivity index (χ2n) is 9.52. The summed E-state index contributed by atoms with van der Waals surface area (Å²) in [6.45, 7) is 10.6. The van der Waals surface area contributed by atoms with Gasteiger partial charge in [-0.2, -0.15) is 0 Å². The van der Waals surface area contributed by atoms with Gasteiger partial charge in [0.25, 0.3) is 0 Å². The van der Waals surface area contributed by atoms with E-state index >= 15 is 0 Å². The molecule has 0 fully saturated rings. The van der Waals surface area contributed by atoms with Gasteiger partial charge in [0.15, 0.2) is 0 Å². The van der Waals surface area contributed by atoms with E-state index in [1.807, 2.05) is 32.9 Å². The minimum atomic E-state index is -0.676. The summed E-state index contributed by atoms with van der Waals surface area (Å²) in [5, 5.41) is 0. The van der Waals surface area contributed by atoms with Gasteiger partial charge < -0.3 is 14.2 Å². The Kier molecular flexibility index (Phi) is 22.3. The number of ether oxygens (including phenoxy) is 3. The summed E-state index contributed by atoms with van der Waals surface area (Å²) in [5.74, 6) is 4.75. The van der Waals surface area contributed by atoms with Crippen molar-refractivity contribution in [3.8, 4) is 11.8 Å². The number of esters is 3. The molecule has 1 unspecified atom stereocenters. The first-order chi connectivity index (χ1) is 19.1. The van der Waals surface area contributed by atoms with Gasteiger partial charge in [-0.1, -0.05) is 66.9 Å². The van der Waals surface area contributed by atoms with Crippen molar-refractivity contribution < 1.29 is 28.6 Å². The zero-order valence-corrected chi connectivity index (χ0v) is 25.3. The third kappa shape index (κ3) is 23.5. The lowest BCUT2D eigenvalue weighted by Crippen LogP contribution is -2.21. The van der Waals surface area contributed by atoms with Crippen LogP contribution in [0.15, 0.2) is 71.6 Å². The molecule has 1 atom stereocenters. The summed E-state index contributed by atoms with van der Waals surface area (Å²) >= 11 is 0. The number of hydrogen-bond donors (Lipinski definition) is 0. The molecule has 0 aromatic carbocycles. The lowest BCUT2D eigenvalue weighted by atomic mass is 10.0. The van der Waals surface area contributed by atoms with E-state index < -0.39 is 18.0 Å². The fourth-order valence-corrected chi connectivity index (χ4v) is 3.27. The van der Waals surface area contributed by atoms with Gasteiger partial charge in [-0.25, -0.2) is 0 Å². The third-order valence-electron chi connectivity index (χ3n) is 5.30. The van der Waals surface area contributed by atoms with Gasteiger partial charge in [0.05, 0.1) is 12.9 Å². The monoisotopic (exact) mass is 552 g/mol. The predicted molar refractivity (Wildman–Crippen MR) is 162 cm³/mol. The van der Waals surface area contributed by atoms with Crippen molar-refractivity contribution in [3.05, 3.63) is 71.6 Å². The van der Waals surface area contributed by atoms with Gasteiger partial charge >= 0.3 is 17.9 Å². The van der Waals surface area contributed by atoms with Crippen LogP contribution in [0.2, 0.25) is 0 Å². The number of carbonyl (C=O) groups excluding carboxylic acids is 3. The highest BCUT2D eigenvalue weighted by atomic mass is 16.6. The maximum Gasteiger partial charge on any atom is 0.307 e. The van der Waals surface area contributed by atoms with E-state index in [9.17, 15) is 14.4 Å². The smallest absolute Gasteiger partial charge is 0.307 e. The molecule has 220 valence electrons. The second kappa shape index (κ2) is 24.5. The third-order valence-corrected chi connectivity index (χ3v) is 5.30. The highest BCUT2D eigenvalue weighted by Crippen LogP contribution is 2.18. The van der Waals surface area contributed by atoms with E-state index in [1.54, 1.807) is 0 Å². The Morgan fingerprint density at radius 2 is 1.50 bits per heavy atom. The standard InChI is InChI=1S/C34H48O6/c1-7-8-9-10-11-12-13-14-15-16-17-18-22-34(37)38-26-25-32(27-39-30(5)35)33(40-31(6)36)24-23-29(4)21-19-20-28(2)3/h8-9,11-12,14-15,20,23,27,33H,7,10,13,16-18,22,24-26H2,1-6H3. The molecule has 0 radical (unpaired) electrons. The molecule has 0 heterocycles. The Bertz CT molecular complexity index is 1010. The summed E-state index contributed by atoms with van der Waals surface area (Å²) in [6, 6.07) is 0. The molecule has 0 N–H and O–H groups in total. The van der Waals surface area contributed by atoms with E-state index in [0.29, 0.717) is 18.4 Å². The zero-order valence-electron chi connectivity index (χ0n) is 25.3. The fourth-order valence-electron chi connectivity index (χ4n) is 3.27. The van der Waals surface area contributed by atoms with Crippen LogP contribution in [0, 0.1) is 11.8 Å². The van der Waals surface area contributed by atoms with Crippen molar-refractivity contribution in [1.29, 1.82) is 0 Å². The SMILES string of the molecule is CCC=CCC=CCC=CCCCCC(=O)OCCC(=COC(C)=O)C(CC=C(C)C#CC=C(C)C)OC(C)=O. The van der Waals surface area contributed by atoms with Crippen LogP contribution in [0.1, 0.15) is 99.3 Å². The molecular weight excluding hydrogens is 504 g/mol. The molecule has 0 saturated carbocycles. The van der Waals surface area contributed by atoms with Crippen LogP contribution in [0.3, 0.4) is 0 Å². The lowest BCUT2D eigenvalue weighted by Gasteiger charge is -2.19. The topological polar surface area (TPSA) is 78.9 Å². The average Bonchev–Trinajstić information content (AvgIpc) is 2.88. The molecule has 0 aliphatic rings. The van der Waals surface area contributed by atoms with Crippen LogP contribution in [0.4, 0.5) is 0 Å². The number of allylic oxidation sites excluding steroid dienone is 9. The second-order valence-corrected chi connectivity index (χ2v) is 9.52. The number of hydrogen-bond acceptors (Lipinski definition) is 6. The maximum atomic E-state index is 12.2. The minimum Gasteiger partial charge on any atom is -0.465 e. The Hall–Kier alpha value is -3.59. The van der Waals surface area contributed by atoms with E-state index in [-0.39, 0.29) is 19.0 Å². The maximum absolute atomic E-state index is 12.2. The van der Waals surface area contributed by atoms with Crippen molar-refractivity contribution >= 4 is 17.9 Å². The first-order valence-electron chi connectivity index (χ1n) is 14.1. The van der Waals surface area contributed by atoms with E-state index in [2.05, 4.69) is 55.2 Å². The Labute approximate surface area is 241 Å². The summed E-state index contributed by atoms with van der Waals surface area (Å²) in [6.07, 6.45) is 23.7. The zero-order chi connectivity index (χ0) is 30.0. The molecule has 6 heteroatoms. The summed E-state index contributed by atoms with van der Waals surface area (Å²) in [7, 11) is 0. The van der Waals surface area contributed by atoms with Gasteiger partial charge in [-0.15, -0.1) is 0 Å². The molecule has 0 spiro atoms. The van der Waals surface area contributed by atoms with Gasteiger partial charge in [0.2, 0.25) is 0 Å². The number of rotatable bonds is 18. The van der Waals surface area contributed by atoms with Gasteiger partial charge in [-0.3, -0.25) is 14.4 Å².